The van der Waals surface area contributed by atoms with Crippen molar-refractivity contribution in [2.45, 2.75) is 110 Å². The Hall–Kier alpha value is -1.99. The van der Waals surface area contributed by atoms with E-state index in [1.54, 1.807) is 0 Å². The summed E-state index contributed by atoms with van der Waals surface area (Å²) in [6.07, 6.45) is 4.04. The van der Waals surface area contributed by atoms with Gasteiger partial charge in [0.15, 0.2) is 11.9 Å². The number of hydrogen-bond acceptors (Lipinski definition) is 5. The normalized spacial score (nSPS) is 20.5. The van der Waals surface area contributed by atoms with Gasteiger partial charge in [-0.3, -0.25) is 0 Å². The summed E-state index contributed by atoms with van der Waals surface area (Å²) in [4.78, 5) is 12.3. The Balaban J connectivity index is 1.62. The summed E-state index contributed by atoms with van der Waals surface area (Å²) in [6.45, 7) is 15.0. The van der Waals surface area contributed by atoms with Crippen LogP contribution in [0.5, 0.6) is 0 Å². The average Bonchev–Trinajstić information content (AvgIpc) is 3.17. The van der Waals surface area contributed by atoms with Crippen molar-refractivity contribution in [1.82, 2.24) is 0 Å². The topological polar surface area (TPSA) is 54.0 Å². The van der Waals surface area contributed by atoms with Crippen molar-refractivity contribution in [1.29, 1.82) is 0 Å². The first-order valence-electron chi connectivity index (χ1n) is 13.8. The van der Waals surface area contributed by atoms with E-state index in [0.29, 0.717) is 6.61 Å². The number of carbonyl (C=O) groups excluding carboxylic acids is 1. The molecule has 0 saturated carbocycles. The van der Waals surface area contributed by atoms with E-state index in [4.69, 9.17) is 18.6 Å². The van der Waals surface area contributed by atoms with Crippen molar-refractivity contribution in [2.75, 3.05) is 6.61 Å². The average molecular weight is 527 g/mol. The minimum absolute atomic E-state index is 0.0291. The Morgan fingerprint density at radius 2 is 1.51 bits per heavy atom. The summed E-state index contributed by atoms with van der Waals surface area (Å²) in [5, 5.41) is 2.59. The summed E-state index contributed by atoms with van der Waals surface area (Å²) in [6, 6.07) is 21.6. The van der Waals surface area contributed by atoms with E-state index in [1.165, 1.54) is 10.4 Å². The van der Waals surface area contributed by atoms with E-state index < -0.39 is 20.2 Å². The number of esters is 1. The molecule has 1 saturated heterocycles. The molecule has 0 amide bonds. The highest BCUT2D eigenvalue weighted by atomic mass is 28.4. The zero-order valence-electron chi connectivity index (χ0n) is 23.8. The van der Waals surface area contributed by atoms with Gasteiger partial charge in [-0.25, -0.2) is 4.79 Å². The molecule has 3 atom stereocenters. The fraction of sp³-hybridized carbons (Fsp3) is 0.581. The van der Waals surface area contributed by atoms with Crippen LogP contribution in [-0.4, -0.2) is 45.0 Å². The van der Waals surface area contributed by atoms with E-state index in [2.05, 4.69) is 88.4 Å². The molecule has 2 aromatic carbocycles. The molecule has 1 aliphatic heterocycles. The van der Waals surface area contributed by atoms with Crippen molar-refractivity contribution < 1.29 is 23.4 Å². The molecule has 0 aliphatic carbocycles. The molecule has 2 aromatic rings. The molecule has 0 radical (unpaired) electrons. The van der Waals surface area contributed by atoms with E-state index in [1.807, 2.05) is 20.8 Å². The molecule has 37 heavy (non-hydrogen) atoms. The highest BCUT2D eigenvalue weighted by Gasteiger charge is 2.51. The fourth-order valence-corrected chi connectivity index (χ4v) is 10.2. The lowest BCUT2D eigenvalue weighted by Crippen LogP contribution is -2.67. The predicted octanol–water partition coefficient (Wildman–Crippen LogP) is 5.99. The van der Waals surface area contributed by atoms with Gasteiger partial charge in [-0.15, -0.1) is 0 Å². The van der Waals surface area contributed by atoms with Crippen LogP contribution in [0, 0.1) is 0 Å². The molecular weight excluding hydrogens is 480 g/mol. The Labute approximate surface area is 225 Å². The van der Waals surface area contributed by atoms with Gasteiger partial charge >= 0.3 is 5.97 Å². The third kappa shape index (κ3) is 7.32. The number of benzene rings is 2. The second-order valence-corrected chi connectivity index (χ2v) is 15.8. The summed E-state index contributed by atoms with van der Waals surface area (Å²) < 4.78 is 24.2. The Kier molecular flexibility index (Phi) is 10.1. The van der Waals surface area contributed by atoms with Crippen molar-refractivity contribution in [3.63, 3.8) is 0 Å². The zero-order valence-corrected chi connectivity index (χ0v) is 24.8. The number of rotatable bonds is 12. The van der Waals surface area contributed by atoms with Gasteiger partial charge in [0, 0.05) is 6.10 Å². The molecule has 0 aromatic heterocycles. The van der Waals surface area contributed by atoms with Gasteiger partial charge in [0.05, 0.1) is 12.7 Å². The standard InChI is InChI=1S/C31H46O5Si/c1-8-33-29(32)28-27(34-31(6,7)35-28)23-17-9-12-18-24(2)36-37(30(3,4)5,25-19-13-10-14-20-25)26-21-15-11-16-22-26/h10-11,13-16,19-22,24,27-28H,8-9,12,17-18,23H2,1-7H3/t24-,27+,28-/m1/s1. The maximum Gasteiger partial charge on any atom is 0.338 e. The molecule has 1 heterocycles. The van der Waals surface area contributed by atoms with Gasteiger partial charge < -0.3 is 18.6 Å². The smallest absolute Gasteiger partial charge is 0.338 e. The molecule has 0 unspecified atom stereocenters. The molecule has 5 nitrogen and oxygen atoms in total. The van der Waals surface area contributed by atoms with E-state index in [0.717, 1.165) is 32.1 Å². The minimum Gasteiger partial charge on any atom is -0.464 e. The SMILES string of the molecule is CCOC(=O)[C@@H]1OC(C)(C)O[C@H]1CCCCC[C@@H](C)O[Si](c1ccccc1)(c1ccccc1)C(C)(C)C. The van der Waals surface area contributed by atoms with Crippen LogP contribution in [0.25, 0.3) is 0 Å². The molecule has 1 fully saturated rings. The van der Waals surface area contributed by atoms with Crippen molar-refractivity contribution in [3.05, 3.63) is 60.7 Å². The predicted molar refractivity (Wildman–Crippen MR) is 152 cm³/mol. The maximum absolute atomic E-state index is 12.3. The monoisotopic (exact) mass is 526 g/mol. The second-order valence-electron chi connectivity index (χ2n) is 11.6. The first kappa shape index (κ1) is 29.6. The Bertz CT molecular complexity index is 931. The van der Waals surface area contributed by atoms with Crippen molar-refractivity contribution in [3.8, 4) is 0 Å². The third-order valence-electron chi connectivity index (χ3n) is 7.10. The van der Waals surface area contributed by atoms with Crippen molar-refractivity contribution in [2.24, 2.45) is 0 Å². The number of carbonyl (C=O) groups is 1. The van der Waals surface area contributed by atoms with Gasteiger partial charge in [0.2, 0.25) is 0 Å². The third-order valence-corrected chi connectivity index (χ3v) is 12.3. The van der Waals surface area contributed by atoms with Crippen LogP contribution in [0.3, 0.4) is 0 Å². The van der Waals surface area contributed by atoms with Crippen LogP contribution < -0.4 is 10.4 Å². The van der Waals surface area contributed by atoms with Crippen LogP contribution >= 0.6 is 0 Å². The summed E-state index contributed by atoms with van der Waals surface area (Å²) in [7, 11) is -2.54. The molecular formula is C31H46O5Si. The van der Waals surface area contributed by atoms with Crippen LogP contribution in [0.2, 0.25) is 5.04 Å². The Morgan fingerprint density at radius 3 is 2.03 bits per heavy atom. The van der Waals surface area contributed by atoms with Crippen LogP contribution in [0.1, 0.15) is 80.6 Å². The van der Waals surface area contributed by atoms with Gasteiger partial charge in [-0.05, 0) is 55.9 Å². The van der Waals surface area contributed by atoms with E-state index in [-0.39, 0.29) is 23.2 Å². The number of hydrogen-bond donors (Lipinski definition) is 0. The number of ether oxygens (including phenoxy) is 3. The maximum atomic E-state index is 12.3. The molecule has 6 heteroatoms. The van der Waals surface area contributed by atoms with Gasteiger partial charge in [0.1, 0.15) is 0 Å². The van der Waals surface area contributed by atoms with Crippen LogP contribution in [0.4, 0.5) is 0 Å². The molecule has 0 N–H and O–H groups in total. The molecule has 0 spiro atoms. The van der Waals surface area contributed by atoms with E-state index in [9.17, 15) is 4.79 Å². The summed E-state index contributed by atoms with van der Waals surface area (Å²) in [5.74, 6) is -1.09. The summed E-state index contributed by atoms with van der Waals surface area (Å²) in [5.41, 5.74) is 0. The fourth-order valence-electron chi connectivity index (χ4n) is 5.48. The zero-order chi connectivity index (χ0) is 27.1. The lowest BCUT2D eigenvalue weighted by molar-refractivity contribution is -0.170. The van der Waals surface area contributed by atoms with Crippen LogP contribution in [-0.2, 0) is 23.4 Å². The molecule has 1 aliphatic rings. The number of unbranched alkanes of at least 4 members (excludes halogenated alkanes) is 2. The highest BCUT2D eigenvalue weighted by molar-refractivity contribution is 6.99. The molecule has 0 bridgehead atoms. The largest absolute Gasteiger partial charge is 0.464 e. The van der Waals surface area contributed by atoms with Gasteiger partial charge in [-0.1, -0.05) is 101 Å². The van der Waals surface area contributed by atoms with Gasteiger partial charge in [-0.2, -0.15) is 0 Å². The second kappa shape index (κ2) is 12.7. The van der Waals surface area contributed by atoms with Gasteiger partial charge in [0.25, 0.3) is 8.32 Å². The lowest BCUT2D eigenvalue weighted by atomic mass is 10.0. The van der Waals surface area contributed by atoms with Crippen molar-refractivity contribution >= 4 is 24.7 Å². The highest BCUT2D eigenvalue weighted by Crippen LogP contribution is 2.38. The first-order chi connectivity index (χ1) is 17.5. The Morgan fingerprint density at radius 1 is 0.946 bits per heavy atom. The lowest BCUT2D eigenvalue weighted by Gasteiger charge is -2.44. The van der Waals surface area contributed by atoms with E-state index >= 15 is 0 Å². The molecule has 3 rings (SSSR count). The summed E-state index contributed by atoms with van der Waals surface area (Å²) >= 11 is 0. The quantitative estimate of drug-likeness (QED) is 0.193. The first-order valence-corrected chi connectivity index (χ1v) is 15.7. The minimum atomic E-state index is -2.54. The molecule has 204 valence electrons. The van der Waals surface area contributed by atoms with Crippen LogP contribution in [0.15, 0.2) is 60.7 Å².